The number of hydrogen-bond acceptors (Lipinski definition) is 3. The second-order valence-electron chi connectivity index (χ2n) is 5.20. The van der Waals surface area contributed by atoms with E-state index in [2.05, 4.69) is 40.1 Å². The Labute approximate surface area is 109 Å². The van der Waals surface area contributed by atoms with E-state index < -0.39 is 0 Å². The van der Waals surface area contributed by atoms with Gasteiger partial charge in [0.1, 0.15) is 0 Å². The summed E-state index contributed by atoms with van der Waals surface area (Å²) in [6.07, 6.45) is 2.43. The summed E-state index contributed by atoms with van der Waals surface area (Å²) < 4.78 is 5.44. The third-order valence-corrected chi connectivity index (χ3v) is 4.14. The number of hydrogen-bond donors (Lipinski definition) is 0. The average Bonchev–Trinajstić information content (AvgIpc) is 2.49. The molecule has 2 aliphatic heterocycles. The van der Waals surface area contributed by atoms with Crippen molar-refractivity contribution in [2.24, 2.45) is 0 Å². The molecule has 0 amide bonds. The van der Waals surface area contributed by atoms with Crippen molar-refractivity contribution in [3.05, 3.63) is 30.3 Å². The molecule has 2 aliphatic rings. The van der Waals surface area contributed by atoms with Gasteiger partial charge in [0.05, 0.1) is 0 Å². The molecule has 1 aromatic carbocycles. The Morgan fingerprint density at radius 1 is 0.889 bits per heavy atom. The fourth-order valence-corrected chi connectivity index (χ4v) is 3.03. The maximum Gasteiger partial charge on any atom is 0.0480 e. The molecule has 0 radical (unpaired) electrons. The molecule has 0 saturated carbocycles. The van der Waals surface area contributed by atoms with Gasteiger partial charge in [0.25, 0.3) is 0 Å². The van der Waals surface area contributed by atoms with Crippen molar-refractivity contribution in [1.82, 2.24) is 4.90 Å². The molecule has 0 atom stereocenters. The van der Waals surface area contributed by atoms with E-state index in [-0.39, 0.29) is 0 Å². The lowest BCUT2D eigenvalue weighted by atomic mass is 10.1. The molecular weight excluding hydrogens is 224 g/mol. The second-order valence-corrected chi connectivity index (χ2v) is 5.20. The highest BCUT2D eigenvalue weighted by Gasteiger charge is 2.25. The molecule has 0 aromatic heterocycles. The Morgan fingerprint density at radius 3 is 2.22 bits per heavy atom. The van der Waals surface area contributed by atoms with Crippen molar-refractivity contribution in [2.75, 3.05) is 44.3 Å². The number of piperazine rings is 1. The van der Waals surface area contributed by atoms with Crippen LogP contribution in [0.1, 0.15) is 12.8 Å². The summed E-state index contributed by atoms with van der Waals surface area (Å²) in [6, 6.07) is 11.5. The number of rotatable bonds is 2. The van der Waals surface area contributed by atoms with E-state index in [0.717, 1.165) is 32.3 Å². The molecule has 0 unspecified atom stereocenters. The number of anilines is 1. The van der Waals surface area contributed by atoms with Crippen LogP contribution in [0.15, 0.2) is 30.3 Å². The summed E-state index contributed by atoms with van der Waals surface area (Å²) >= 11 is 0. The lowest BCUT2D eigenvalue weighted by Gasteiger charge is -2.41. The smallest absolute Gasteiger partial charge is 0.0480 e. The van der Waals surface area contributed by atoms with Gasteiger partial charge in [0, 0.05) is 51.1 Å². The van der Waals surface area contributed by atoms with Gasteiger partial charge in [0.2, 0.25) is 0 Å². The summed E-state index contributed by atoms with van der Waals surface area (Å²) in [4.78, 5) is 5.15. The fraction of sp³-hybridized carbons (Fsp3) is 0.600. The zero-order chi connectivity index (χ0) is 12.2. The molecule has 18 heavy (non-hydrogen) atoms. The summed E-state index contributed by atoms with van der Waals surface area (Å²) in [5.41, 5.74) is 1.36. The average molecular weight is 246 g/mol. The van der Waals surface area contributed by atoms with Gasteiger partial charge in [-0.2, -0.15) is 0 Å². The third kappa shape index (κ3) is 2.68. The van der Waals surface area contributed by atoms with Crippen molar-refractivity contribution >= 4 is 5.69 Å². The van der Waals surface area contributed by atoms with Gasteiger partial charge in [-0.15, -0.1) is 0 Å². The number of benzene rings is 1. The number of ether oxygens (including phenoxy) is 1. The van der Waals surface area contributed by atoms with Gasteiger partial charge < -0.3 is 9.64 Å². The Bertz CT molecular complexity index is 354. The molecule has 0 bridgehead atoms. The van der Waals surface area contributed by atoms with Crippen LogP contribution in [0.3, 0.4) is 0 Å². The first-order valence-electron chi connectivity index (χ1n) is 7.05. The minimum absolute atomic E-state index is 0.761. The van der Waals surface area contributed by atoms with Crippen molar-refractivity contribution < 1.29 is 4.74 Å². The van der Waals surface area contributed by atoms with Crippen LogP contribution in [0, 0.1) is 0 Å². The standard InChI is InChI=1S/C15H22N2O/c1-2-4-14(5-3-1)16-8-10-17(11-9-16)15-6-12-18-13-7-15/h1-5,15H,6-13H2. The molecule has 3 rings (SSSR count). The van der Waals surface area contributed by atoms with Crippen molar-refractivity contribution in [3.8, 4) is 0 Å². The normalized spacial score (nSPS) is 23.2. The lowest BCUT2D eigenvalue weighted by Crippen LogP contribution is -2.51. The van der Waals surface area contributed by atoms with Gasteiger partial charge in [-0.1, -0.05) is 18.2 Å². The van der Waals surface area contributed by atoms with E-state index in [1.54, 1.807) is 0 Å². The molecule has 0 N–H and O–H groups in total. The van der Waals surface area contributed by atoms with Crippen LogP contribution in [0.5, 0.6) is 0 Å². The first-order chi connectivity index (χ1) is 8.93. The van der Waals surface area contributed by atoms with Crippen LogP contribution in [0.25, 0.3) is 0 Å². The SMILES string of the molecule is c1ccc(N2CCN(C3CCOCC3)CC2)cc1. The van der Waals surface area contributed by atoms with Gasteiger partial charge >= 0.3 is 0 Å². The molecular formula is C15H22N2O. The van der Waals surface area contributed by atoms with E-state index in [1.165, 1.54) is 31.6 Å². The van der Waals surface area contributed by atoms with Crippen LogP contribution in [-0.2, 0) is 4.74 Å². The Balaban J connectivity index is 1.54. The predicted molar refractivity (Wildman–Crippen MR) is 74.1 cm³/mol. The third-order valence-electron chi connectivity index (χ3n) is 4.14. The first kappa shape index (κ1) is 12.0. The molecule has 2 saturated heterocycles. The number of para-hydroxylation sites is 1. The minimum Gasteiger partial charge on any atom is -0.381 e. The summed E-state index contributed by atoms with van der Waals surface area (Å²) in [5.74, 6) is 0. The quantitative estimate of drug-likeness (QED) is 0.793. The highest BCUT2D eigenvalue weighted by Crippen LogP contribution is 2.20. The largest absolute Gasteiger partial charge is 0.381 e. The molecule has 2 heterocycles. The minimum atomic E-state index is 0.761. The maximum atomic E-state index is 5.44. The van der Waals surface area contributed by atoms with E-state index in [0.29, 0.717) is 0 Å². The fourth-order valence-electron chi connectivity index (χ4n) is 3.03. The first-order valence-corrected chi connectivity index (χ1v) is 7.05. The molecule has 0 aliphatic carbocycles. The van der Waals surface area contributed by atoms with Crippen LogP contribution in [-0.4, -0.2) is 50.3 Å². The zero-order valence-electron chi connectivity index (χ0n) is 10.9. The summed E-state index contributed by atoms with van der Waals surface area (Å²) in [7, 11) is 0. The predicted octanol–water partition coefficient (Wildman–Crippen LogP) is 1.99. The van der Waals surface area contributed by atoms with Gasteiger partial charge in [-0.3, -0.25) is 4.90 Å². The van der Waals surface area contributed by atoms with Crippen molar-refractivity contribution in [1.29, 1.82) is 0 Å². The van der Waals surface area contributed by atoms with Crippen molar-refractivity contribution in [2.45, 2.75) is 18.9 Å². The maximum absolute atomic E-state index is 5.44. The Hall–Kier alpha value is -1.06. The second kappa shape index (κ2) is 5.72. The zero-order valence-corrected chi connectivity index (χ0v) is 10.9. The van der Waals surface area contributed by atoms with E-state index in [9.17, 15) is 0 Å². The van der Waals surface area contributed by atoms with E-state index in [4.69, 9.17) is 4.74 Å². The van der Waals surface area contributed by atoms with Gasteiger partial charge in [-0.05, 0) is 25.0 Å². The van der Waals surface area contributed by atoms with Crippen LogP contribution >= 0.6 is 0 Å². The van der Waals surface area contributed by atoms with Crippen LogP contribution in [0.4, 0.5) is 5.69 Å². The molecule has 2 fully saturated rings. The van der Waals surface area contributed by atoms with E-state index >= 15 is 0 Å². The van der Waals surface area contributed by atoms with Gasteiger partial charge in [0.15, 0.2) is 0 Å². The molecule has 1 aromatic rings. The number of nitrogens with zero attached hydrogens (tertiary/aromatic N) is 2. The topological polar surface area (TPSA) is 15.7 Å². The highest BCUT2D eigenvalue weighted by molar-refractivity contribution is 5.46. The molecule has 0 spiro atoms. The molecule has 98 valence electrons. The lowest BCUT2D eigenvalue weighted by molar-refractivity contribution is 0.0321. The Kier molecular flexibility index (Phi) is 3.81. The summed E-state index contributed by atoms with van der Waals surface area (Å²) in [5, 5.41) is 0. The van der Waals surface area contributed by atoms with Crippen LogP contribution in [0.2, 0.25) is 0 Å². The summed E-state index contributed by atoms with van der Waals surface area (Å²) in [6.45, 7) is 6.59. The monoisotopic (exact) mass is 246 g/mol. The van der Waals surface area contributed by atoms with Crippen LogP contribution < -0.4 is 4.90 Å². The van der Waals surface area contributed by atoms with E-state index in [1.807, 2.05) is 0 Å². The Morgan fingerprint density at radius 2 is 1.56 bits per heavy atom. The van der Waals surface area contributed by atoms with Crippen molar-refractivity contribution in [3.63, 3.8) is 0 Å². The van der Waals surface area contributed by atoms with Gasteiger partial charge in [-0.25, -0.2) is 0 Å². The highest BCUT2D eigenvalue weighted by atomic mass is 16.5. The molecule has 3 nitrogen and oxygen atoms in total. The molecule has 3 heteroatoms.